The summed E-state index contributed by atoms with van der Waals surface area (Å²) in [5, 5.41) is 3.37. The van der Waals surface area contributed by atoms with Crippen molar-refractivity contribution < 1.29 is 0 Å². The molecule has 2 aromatic heterocycles. The Hall–Kier alpha value is -2.30. The number of likely N-dealkylation sites (tertiary alicyclic amines) is 2. The van der Waals surface area contributed by atoms with Gasteiger partial charge in [0.2, 0.25) is 0 Å². The second-order valence-corrected chi connectivity index (χ2v) is 13.7. The summed E-state index contributed by atoms with van der Waals surface area (Å²) < 4.78 is 2.97. The van der Waals surface area contributed by atoms with E-state index in [9.17, 15) is 0 Å². The smallest absolute Gasteiger partial charge is 0.0582 e. The van der Waals surface area contributed by atoms with E-state index in [1.54, 1.807) is 18.6 Å². The van der Waals surface area contributed by atoms with Gasteiger partial charge < -0.3 is 11.1 Å². The molecule has 228 valence electrons. The number of aromatic nitrogens is 2. The van der Waals surface area contributed by atoms with Gasteiger partial charge in [0.1, 0.15) is 0 Å². The highest BCUT2D eigenvalue weighted by atomic mass is 79.9. The van der Waals surface area contributed by atoms with Crippen LogP contribution in [0.4, 0.5) is 17.1 Å². The Kier molecular flexibility index (Phi) is 14.4. The summed E-state index contributed by atoms with van der Waals surface area (Å²) in [6, 6.07) is 20.9. The maximum Gasteiger partial charge on any atom is 0.0582 e. The van der Waals surface area contributed by atoms with Crippen LogP contribution in [0.3, 0.4) is 0 Å². The Morgan fingerprint density at radius 1 is 0.558 bits per heavy atom. The Morgan fingerprint density at radius 2 is 1.00 bits per heavy atom. The predicted octanol–water partition coefficient (Wildman–Crippen LogP) is 9.43. The normalized spacial score (nSPS) is 15.4. The fourth-order valence-corrected chi connectivity index (χ4v) is 6.50. The lowest BCUT2D eigenvalue weighted by atomic mass is 10.1. The van der Waals surface area contributed by atoms with Gasteiger partial charge in [0, 0.05) is 56.5 Å². The number of nitrogens with two attached hydrogens (primary N) is 1. The van der Waals surface area contributed by atoms with Crippen molar-refractivity contribution in [2.45, 2.75) is 51.6 Å². The number of nitrogens with zero attached hydrogens (tertiary/aromatic N) is 4. The molecule has 2 aliphatic heterocycles. The van der Waals surface area contributed by atoms with Gasteiger partial charge in [-0.05, 0) is 147 Å². The van der Waals surface area contributed by atoms with Gasteiger partial charge in [0.25, 0.3) is 0 Å². The molecule has 0 saturated carbocycles. The number of halogens is 3. The van der Waals surface area contributed by atoms with Gasteiger partial charge in [0.05, 0.1) is 11.9 Å². The van der Waals surface area contributed by atoms with Crippen LogP contribution in [0.15, 0.2) is 98.9 Å². The molecule has 0 atom stereocenters. The van der Waals surface area contributed by atoms with E-state index >= 15 is 0 Å². The molecule has 2 aliphatic rings. The highest BCUT2D eigenvalue weighted by Gasteiger charge is 2.11. The van der Waals surface area contributed by atoms with Gasteiger partial charge in [0.15, 0.2) is 0 Å². The van der Waals surface area contributed by atoms with Crippen molar-refractivity contribution in [3.63, 3.8) is 0 Å². The number of rotatable bonds is 6. The molecule has 4 heterocycles. The van der Waals surface area contributed by atoms with Crippen LogP contribution in [0, 0.1) is 0 Å². The molecule has 2 aromatic carbocycles. The molecule has 6 rings (SSSR count). The van der Waals surface area contributed by atoms with E-state index < -0.39 is 0 Å². The summed E-state index contributed by atoms with van der Waals surface area (Å²) in [6.45, 7) is 7.14. The number of hydrogen-bond acceptors (Lipinski definition) is 6. The van der Waals surface area contributed by atoms with Crippen LogP contribution in [-0.4, -0.2) is 45.9 Å². The van der Waals surface area contributed by atoms with E-state index in [2.05, 4.69) is 109 Å². The number of benzene rings is 2. The van der Waals surface area contributed by atoms with Gasteiger partial charge in [-0.1, -0.05) is 37.1 Å². The molecule has 6 nitrogen and oxygen atoms in total. The molecule has 4 aromatic rings. The summed E-state index contributed by atoms with van der Waals surface area (Å²) in [7, 11) is 0. The lowest BCUT2D eigenvalue weighted by Gasteiger charge is -2.26. The maximum absolute atomic E-state index is 5.65. The molecule has 3 N–H and O–H groups in total. The van der Waals surface area contributed by atoms with Crippen molar-refractivity contribution in [2.75, 3.05) is 37.2 Å². The second kappa shape index (κ2) is 18.5. The van der Waals surface area contributed by atoms with Crippen LogP contribution in [0.2, 0.25) is 0 Å². The van der Waals surface area contributed by atoms with Gasteiger partial charge in [-0.2, -0.15) is 0 Å². The number of nitrogens with one attached hydrogen (secondary N) is 1. The topological polar surface area (TPSA) is 70.3 Å². The largest absolute Gasteiger partial charge is 0.399 e. The third-order valence-electron chi connectivity index (χ3n) is 7.31. The lowest BCUT2D eigenvalue weighted by Crippen LogP contribution is -2.29. The van der Waals surface area contributed by atoms with E-state index in [1.807, 2.05) is 30.5 Å². The van der Waals surface area contributed by atoms with Crippen LogP contribution in [0.5, 0.6) is 0 Å². The van der Waals surface area contributed by atoms with Crippen LogP contribution in [-0.2, 0) is 13.1 Å². The molecule has 9 heteroatoms. The Bertz CT molecular complexity index is 1340. The fourth-order valence-electron chi connectivity index (χ4n) is 5.10. The van der Waals surface area contributed by atoms with Crippen molar-refractivity contribution in [3.05, 3.63) is 110 Å². The molecular weight excluding hydrogens is 732 g/mol. The highest BCUT2D eigenvalue weighted by molar-refractivity contribution is 9.11. The lowest BCUT2D eigenvalue weighted by molar-refractivity contribution is 0.221. The van der Waals surface area contributed by atoms with Crippen molar-refractivity contribution in [1.82, 2.24) is 19.8 Å². The van der Waals surface area contributed by atoms with Crippen molar-refractivity contribution in [1.29, 1.82) is 0 Å². The molecule has 0 radical (unpaired) electrons. The molecule has 0 amide bonds. The summed E-state index contributed by atoms with van der Waals surface area (Å²) in [4.78, 5) is 13.1. The average molecular weight is 773 g/mol. The van der Waals surface area contributed by atoms with Gasteiger partial charge >= 0.3 is 0 Å². The molecule has 0 spiro atoms. The number of nitrogen functional groups attached to an aromatic ring is 1. The molecule has 43 heavy (non-hydrogen) atoms. The number of pyridine rings is 2. The standard InChI is InChI=1S/C17H20BrN3.C12H18N2.C5H3Br2N/c18-15-10-17(12-19-11-15)20-16-6-4-14(5-7-16)13-21-8-2-1-3-9-21;13-12-6-4-11(5-7-12)10-14-8-2-1-3-9-14;6-4-1-5(7)3-8-2-4/h4-7,10-12,20H,1-3,8-9,13H2;4-7H,1-3,8-10,13H2;1-3H. The Morgan fingerprint density at radius 3 is 1.44 bits per heavy atom. The predicted molar refractivity (Wildman–Crippen MR) is 190 cm³/mol. The molecule has 2 saturated heterocycles. The maximum atomic E-state index is 5.65. The first-order chi connectivity index (χ1) is 20.9. The fraction of sp³-hybridized carbons (Fsp3) is 0.353. The zero-order chi connectivity index (χ0) is 30.3. The molecule has 2 fully saturated rings. The molecule has 0 aliphatic carbocycles. The number of piperidine rings is 2. The monoisotopic (exact) mass is 770 g/mol. The summed E-state index contributed by atoms with van der Waals surface area (Å²) in [6.07, 6.45) is 15.3. The van der Waals surface area contributed by atoms with Gasteiger partial charge in [-0.25, -0.2) is 0 Å². The zero-order valence-corrected chi connectivity index (χ0v) is 29.3. The molecule has 0 bridgehead atoms. The number of hydrogen-bond donors (Lipinski definition) is 2. The SMILES string of the molecule is Brc1cncc(Br)c1.Brc1cncc(Nc2ccc(CN3CCCCC3)cc2)c1.Nc1ccc(CN2CCCCC2)cc1. The van der Waals surface area contributed by atoms with E-state index in [0.29, 0.717) is 0 Å². The quantitative estimate of drug-likeness (QED) is 0.191. The van der Waals surface area contributed by atoms with Crippen molar-refractivity contribution in [2.24, 2.45) is 0 Å². The number of anilines is 3. The summed E-state index contributed by atoms with van der Waals surface area (Å²) in [5.74, 6) is 0. The minimum atomic E-state index is 0.854. The highest BCUT2D eigenvalue weighted by Crippen LogP contribution is 2.21. The Balaban J connectivity index is 0.000000165. The van der Waals surface area contributed by atoms with E-state index in [1.165, 1.54) is 75.8 Å². The second-order valence-electron chi connectivity index (χ2n) is 11.0. The minimum Gasteiger partial charge on any atom is -0.399 e. The van der Waals surface area contributed by atoms with Gasteiger partial charge in [-0.15, -0.1) is 0 Å². The summed E-state index contributed by atoms with van der Waals surface area (Å²) >= 11 is 9.97. The van der Waals surface area contributed by atoms with Crippen LogP contribution in [0.1, 0.15) is 49.7 Å². The third-order valence-corrected chi connectivity index (χ3v) is 8.61. The van der Waals surface area contributed by atoms with Crippen molar-refractivity contribution in [3.8, 4) is 0 Å². The van der Waals surface area contributed by atoms with Crippen LogP contribution >= 0.6 is 47.8 Å². The van der Waals surface area contributed by atoms with E-state index in [0.717, 1.165) is 43.6 Å². The van der Waals surface area contributed by atoms with Crippen molar-refractivity contribution >= 4 is 64.9 Å². The summed E-state index contributed by atoms with van der Waals surface area (Å²) in [5.41, 5.74) is 11.3. The van der Waals surface area contributed by atoms with E-state index in [-0.39, 0.29) is 0 Å². The first-order valence-corrected chi connectivity index (χ1v) is 17.3. The van der Waals surface area contributed by atoms with E-state index in [4.69, 9.17) is 5.73 Å². The first kappa shape index (κ1) is 33.6. The van der Waals surface area contributed by atoms with Crippen LogP contribution in [0.25, 0.3) is 0 Å². The molecular formula is C34H41Br3N6. The zero-order valence-electron chi connectivity index (χ0n) is 24.6. The molecule has 0 unspecified atom stereocenters. The van der Waals surface area contributed by atoms with Gasteiger partial charge in [-0.3, -0.25) is 19.8 Å². The average Bonchev–Trinajstić information content (AvgIpc) is 3.01. The Labute approximate surface area is 281 Å². The van der Waals surface area contributed by atoms with Crippen LogP contribution < -0.4 is 11.1 Å². The first-order valence-electron chi connectivity index (χ1n) is 14.9. The minimum absolute atomic E-state index is 0.854. The third kappa shape index (κ3) is 13.1.